The molecule has 1 aromatic carbocycles. The molecule has 0 radical (unpaired) electrons. The van der Waals surface area contributed by atoms with Gasteiger partial charge in [0, 0.05) is 23.5 Å². The van der Waals surface area contributed by atoms with Crippen molar-refractivity contribution in [2.24, 2.45) is 0 Å². The van der Waals surface area contributed by atoms with Crippen molar-refractivity contribution in [1.29, 1.82) is 0 Å². The monoisotopic (exact) mass is 402 g/mol. The number of aryl methyl sites for hydroxylation is 2. The Kier molecular flexibility index (Phi) is 6.31. The average molecular weight is 402 g/mol. The van der Waals surface area contributed by atoms with Crippen LogP contribution in [0.5, 0.6) is 5.75 Å². The molecule has 3 rings (SSSR count). The normalized spacial score (nSPS) is 12.1. The molecule has 0 saturated heterocycles. The molecule has 2 aromatic heterocycles. The summed E-state index contributed by atoms with van der Waals surface area (Å²) in [7, 11) is 0. The lowest BCUT2D eigenvalue weighted by Crippen LogP contribution is -2.13. The van der Waals surface area contributed by atoms with Gasteiger partial charge in [-0.15, -0.1) is 0 Å². The van der Waals surface area contributed by atoms with Crippen LogP contribution in [0.1, 0.15) is 47.5 Å². The van der Waals surface area contributed by atoms with E-state index in [2.05, 4.69) is 20.3 Å². The van der Waals surface area contributed by atoms with Gasteiger partial charge in [0.05, 0.1) is 17.8 Å². The average Bonchev–Trinajstić information content (AvgIpc) is 2.68. The van der Waals surface area contributed by atoms with Gasteiger partial charge in [0.1, 0.15) is 18.2 Å². The number of nitrogens with one attached hydrogen (secondary N) is 1. The van der Waals surface area contributed by atoms with Gasteiger partial charge in [0.25, 0.3) is 6.43 Å². The highest BCUT2D eigenvalue weighted by atomic mass is 19.3. The molecular formula is C21H21F3N4O. The standard InChI is InChI=1S/C21H21F3N4O/c1-12-7-8-25-9-15(12)11-29-18-10-26-14(3)28-21(18)27-13(2)16-5-4-6-17(19(16)22)20(23)24/h4-10,13,20H,11H2,1-3H3,(H,26,27,28)/t13-/m1/s1. The maximum absolute atomic E-state index is 14.5. The molecule has 0 unspecified atom stereocenters. The maximum Gasteiger partial charge on any atom is 0.266 e. The highest BCUT2D eigenvalue weighted by Crippen LogP contribution is 2.31. The summed E-state index contributed by atoms with van der Waals surface area (Å²) in [5.41, 5.74) is 1.43. The van der Waals surface area contributed by atoms with Gasteiger partial charge in [-0.25, -0.2) is 23.1 Å². The lowest BCUT2D eigenvalue weighted by atomic mass is 10.0. The first-order valence-electron chi connectivity index (χ1n) is 9.05. The summed E-state index contributed by atoms with van der Waals surface area (Å²) in [5, 5.41) is 3.05. The SMILES string of the molecule is Cc1ncc(OCc2cnccc2C)c(N[C@H](C)c2cccc(C(F)F)c2F)n1. The molecule has 0 fully saturated rings. The van der Waals surface area contributed by atoms with Crippen LogP contribution >= 0.6 is 0 Å². The molecule has 2 heterocycles. The van der Waals surface area contributed by atoms with Crippen LogP contribution in [-0.2, 0) is 6.61 Å². The Hall–Kier alpha value is -3.16. The fraction of sp³-hybridized carbons (Fsp3) is 0.286. The second-order valence-corrected chi connectivity index (χ2v) is 6.64. The fourth-order valence-electron chi connectivity index (χ4n) is 2.83. The minimum absolute atomic E-state index is 0.119. The quantitative estimate of drug-likeness (QED) is 0.580. The molecule has 0 saturated carbocycles. The largest absolute Gasteiger partial charge is 0.483 e. The second-order valence-electron chi connectivity index (χ2n) is 6.64. The minimum Gasteiger partial charge on any atom is -0.483 e. The minimum atomic E-state index is -2.88. The highest BCUT2D eigenvalue weighted by molar-refractivity contribution is 5.51. The molecule has 0 spiro atoms. The maximum atomic E-state index is 14.5. The molecule has 0 bridgehead atoms. The van der Waals surface area contributed by atoms with E-state index in [1.54, 1.807) is 26.2 Å². The Morgan fingerprint density at radius 2 is 1.86 bits per heavy atom. The third-order valence-electron chi connectivity index (χ3n) is 4.52. The number of aromatic nitrogens is 3. The zero-order chi connectivity index (χ0) is 21.0. The molecule has 0 aliphatic heterocycles. The smallest absolute Gasteiger partial charge is 0.266 e. The number of hydrogen-bond donors (Lipinski definition) is 1. The lowest BCUT2D eigenvalue weighted by molar-refractivity contribution is 0.146. The van der Waals surface area contributed by atoms with Gasteiger partial charge in [0.15, 0.2) is 11.6 Å². The summed E-state index contributed by atoms with van der Waals surface area (Å²) in [6, 6.07) is 5.21. The van der Waals surface area contributed by atoms with Crippen LogP contribution in [0.15, 0.2) is 42.9 Å². The van der Waals surface area contributed by atoms with Gasteiger partial charge in [-0.1, -0.05) is 18.2 Å². The molecule has 29 heavy (non-hydrogen) atoms. The van der Waals surface area contributed by atoms with Crippen molar-refractivity contribution in [1.82, 2.24) is 15.0 Å². The van der Waals surface area contributed by atoms with Crippen molar-refractivity contribution in [2.75, 3.05) is 5.32 Å². The number of ether oxygens (including phenoxy) is 1. The summed E-state index contributed by atoms with van der Waals surface area (Å²) in [5.74, 6) is 0.290. The number of alkyl halides is 2. The molecule has 8 heteroatoms. The van der Waals surface area contributed by atoms with Crippen molar-refractivity contribution < 1.29 is 17.9 Å². The third-order valence-corrected chi connectivity index (χ3v) is 4.52. The number of nitrogens with zero attached hydrogens (tertiary/aromatic N) is 3. The first-order chi connectivity index (χ1) is 13.9. The molecule has 0 aliphatic rings. The van der Waals surface area contributed by atoms with E-state index in [1.165, 1.54) is 18.3 Å². The molecule has 152 valence electrons. The topological polar surface area (TPSA) is 59.9 Å². The predicted octanol–water partition coefficient (Wildman–Crippen LogP) is 5.32. The van der Waals surface area contributed by atoms with Crippen LogP contribution in [0.25, 0.3) is 0 Å². The summed E-state index contributed by atoms with van der Waals surface area (Å²) in [4.78, 5) is 12.6. The molecule has 0 amide bonds. The Labute approximate surface area is 167 Å². The summed E-state index contributed by atoms with van der Waals surface area (Å²) < 4.78 is 46.3. The Bertz CT molecular complexity index is 997. The van der Waals surface area contributed by atoms with Crippen molar-refractivity contribution in [3.63, 3.8) is 0 Å². The molecule has 0 aliphatic carbocycles. The predicted molar refractivity (Wildman–Crippen MR) is 103 cm³/mol. The van der Waals surface area contributed by atoms with Gasteiger partial charge in [-0.2, -0.15) is 0 Å². The van der Waals surface area contributed by atoms with Crippen LogP contribution < -0.4 is 10.1 Å². The summed E-state index contributed by atoms with van der Waals surface area (Å²) >= 11 is 0. The number of anilines is 1. The van der Waals surface area contributed by atoms with E-state index >= 15 is 0 Å². The number of benzene rings is 1. The van der Waals surface area contributed by atoms with Crippen LogP contribution in [0, 0.1) is 19.7 Å². The van der Waals surface area contributed by atoms with Crippen LogP contribution in [0.2, 0.25) is 0 Å². The van der Waals surface area contributed by atoms with Gasteiger partial charge >= 0.3 is 0 Å². The first-order valence-corrected chi connectivity index (χ1v) is 9.05. The molecular weight excluding hydrogens is 381 g/mol. The number of pyridine rings is 1. The van der Waals surface area contributed by atoms with Crippen LogP contribution in [0.3, 0.4) is 0 Å². The number of rotatable bonds is 7. The van der Waals surface area contributed by atoms with E-state index in [0.29, 0.717) is 17.4 Å². The van der Waals surface area contributed by atoms with Crippen molar-refractivity contribution in [3.05, 3.63) is 76.8 Å². The summed E-state index contributed by atoms with van der Waals surface area (Å²) in [6.45, 7) is 5.58. The second kappa shape index (κ2) is 8.89. The van der Waals surface area contributed by atoms with Gasteiger partial charge in [-0.05, 0) is 32.4 Å². The molecule has 1 N–H and O–H groups in total. The van der Waals surface area contributed by atoms with Crippen molar-refractivity contribution in [3.8, 4) is 5.75 Å². The number of hydrogen-bond acceptors (Lipinski definition) is 5. The zero-order valence-electron chi connectivity index (χ0n) is 16.3. The Morgan fingerprint density at radius 1 is 1.10 bits per heavy atom. The molecule has 1 atom stereocenters. The van der Waals surface area contributed by atoms with E-state index in [4.69, 9.17) is 4.74 Å². The van der Waals surface area contributed by atoms with Crippen molar-refractivity contribution in [2.45, 2.75) is 39.8 Å². The number of halogens is 3. The van der Waals surface area contributed by atoms with E-state index in [1.807, 2.05) is 13.0 Å². The van der Waals surface area contributed by atoms with Gasteiger partial charge in [-0.3, -0.25) is 4.98 Å². The molecule has 3 aromatic rings. The Morgan fingerprint density at radius 3 is 2.59 bits per heavy atom. The zero-order valence-corrected chi connectivity index (χ0v) is 16.3. The summed E-state index contributed by atoms with van der Waals surface area (Å²) in [6.07, 6.45) is 2.05. The lowest BCUT2D eigenvalue weighted by Gasteiger charge is -2.19. The van der Waals surface area contributed by atoms with Crippen LogP contribution in [0.4, 0.5) is 19.0 Å². The van der Waals surface area contributed by atoms with Crippen molar-refractivity contribution >= 4 is 5.82 Å². The van der Waals surface area contributed by atoms with Gasteiger partial charge in [0.2, 0.25) is 0 Å². The van der Waals surface area contributed by atoms with E-state index < -0.39 is 23.8 Å². The van der Waals surface area contributed by atoms with Gasteiger partial charge < -0.3 is 10.1 Å². The molecule has 5 nitrogen and oxygen atoms in total. The fourth-order valence-corrected chi connectivity index (χ4v) is 2.83. The van der Waals surface area contributed by atoms with E-state index in [-0.39, 0.29) is 12.2 Å². The highest BCUT2D eigenvalue weighted by Gasteiger charge is 2.20. The first kappa shape index (κ1) is 20.6. The Balaban J connectivity index is 1.83. The van der Waals surface area contributed by atoms with E-state index in [0.717, 1.165) is 17.2 Å². The van der Waals surface area contributed by atoms with Crippen LogP contribution in [-0.4, -0.2) is 15.0 Å². The third kappa shape index (κ3) is 4.82. The van der Waals surface area contributed by atoms with E-state index in [9.17, 15) is 13.2 Å².